The highest BCUT2D eigenvalue weighted by atomic mass is 32.2. The van der Waals surface area contributed by atoms with Gasteiger partial charge in [0.05, 0.1) is 21.6 Å². The van der Waals surface area contributed by atoms with Crippen LogP contribution in [0.15, 0.2) is 22.0 Å². The lowest BCUT2D eigenvalue weighted by atomic mass is 10.1. The minimum atomic E-state index is -0.780. The SMILES string of the molecule is COC(C)OC(=O)c1c2n(c3cc(N4CCNCC4)c(F)cc3c1=O)C(C)S2. The van der Waals surface area contributed by atoms with E-state index in [-0.39, 0.29) is 16.3 Å². The molecule has 0 saturated carbocycles. The Labute approximate surface area is 165 Å². The summed E-state index contributed by atoms with van der Waals surface area (Å²) in [5.41, 5.74) is 0.543. The van der Waals surface area contributed by atoms with Gasteiger partial charge >= 0.3 is 5.97 Å². The van der Waals surface area contributed by atoms with Crippen molar-refractivity contribution in [2.24, 2.45) is 0 Å². The first-order valence-corrected chi connectivity index (χ1v) is 10.1. The maximum Gasteiger partial charge on any atom is 0.347 e. The molecule has 3 heterocycles. The second kappa shape index (κ2) is 7.38. The smallest absolute Gasteiger partial charge is 0.347 e. The molecular formula is C19H22FN3O4S. The van der Waals surface area contributed by atoms with Crippen LogP contribution in [0.5, 0.6) is 0 Å². The molecule has 9 heteroatoms. The number of pyridine rings is 1. The fourth-order valence-electron chi connectivity index (χ4n) is 3.62. The van der Waals surface area contributed by atoms with Gasteiger partial charge in [-0.25, -0.2) is 9.18 Å². The van der Waals surface area contributed by atoms with Crippen LogP contribution in [0.2, 0.25) is 0 Å². The van der Waals surface area contributed by atoms with Gasteiger partial charge < -0.3 is 24.3 Å². The summed E-state index contributed by atoms with van der Waals surface area (Å²) in [5, 5.41) is 4.01. The molecule has 4 rings (SSSR count). The number of carbonyl (C=O) groups excluding carboxylic acids is 1. The molecule has 0 radical (unpaired) electrons. The van der Waals surface area contributed by atoms with Gasteiger partial charge in [0.2, 0.25) is 5.43 Å². The first kappa shape index (κ1) is 19.2. The summed E-state index contributed by atoms with van der Waals surface area (Å²) in [6, 6.07) is 2.97. The number of fused-ring (bicyclic) bond motifs is 3. The number of anilines is 1. The number of hydrogen-bond acceptors (Lipinski definition) is 7. The third kappa shape index (κ3) is 3.07. The van der Waals surface area contributed by atoms with Crippen molar-refractivity contribution in [3.63, 3.8) is 0 Å². The molecule has 1 fully saturated rings. The van der Waals surface area contributed by atoms with E-state index < -0.39 is 23.5 Å². The van der Waals surface area contributed by atoms with Crippen molar-refractivity contribution in [3.05, 3.63) is 33.7 Å². The average Bonchev–Trinajstić information content (AvgIpc) is 2.68. The molecule has 2 aliphatic heterocycles. The first-order valence-electron chi connectivity index (χ1n) is 9.20. The van der Waals surface area contributed by atoms with Crippen molar-refractivity contribution in [3.8, 4) is 0 Å². The van der Waals surface area contributed by atoms with E-state index >= 15 is 0 Å². The van der Waals surface area contributed by atoms with Crippen LogP contribution in [-0.4, -0.2) is 50.1 Å². The zero-order valence-electron chi connectivity index (χ0n) is 16.0. The molecule has 28 heavy (non-hydrogen) atoms. The normalized spacial score (nSPS) is 19.9. The summed E-state index contributed by atoms with van der Waals surface area (Å²) in [7, 11) is 1.41. The zero-order chi connectivity index (χ0) is 20.0. The summed E-state index contributed by atoms with van der Waals surface area (Å²) < 4.78 is 26.9. The molecule has 1 aromatic carbocycles. The van der Waals surface area contributed by atoms with E-state index in [9.17, 15) is 14.0 Å². The molecule has 0 amide bonds. The molecule has 1 aromatic heterocycles. The van der Waals surface area contributed by atoms with Gasteiger partial charge in [-0.15, -0.1) is 0 Å². The highest BCUT2D eigenvalue weighted by Gasteiger charge is 2.34. The van der Waals surface area contributed by atoms with Crippen molar-refractivity contribution in [1.82, 2.24) is 9.88 Å². The second-order valence-corrected chi connectivity index (χ2v) is 8.17. The van der Waals surface area contributed by atoms with Crippen LogP contribution in [0.25, 0.3) is 10.9 Å². The molecule has 0 bridgehead atoms. The number of nitrogens with zero attached hydrogens (tertiary/aromatic N) is 2. The Kier molecular flexibility index (Phi) is 5.07. The molecule has 0 aliphatic carbocycles. The number of carbonyl (C=O) groups is 1. The summed E-state index contributed by atoms with van der Waals surface area (Å²) in [6.07, 6.45) is -0.780. The standard InChI is InChI=1S/C19H22FN3O4S/c1-10-23-14-9-15(22-6-4-21-5-7-22)13(20)8-12(14)17(24)16(18(23)28-10)19(25)27-11(2)26-3/h8-11,21H,4-7H2,1-3H3. The van der Waals surface area contributed by atoms with Gasteiger partial charge in [-0.1, -0.05) is 11.8 Å². The number of ether oxygens (including phenoxy) is 2. The van der Waals surface area contributed by atoms with Crippen LogP contribution in [-0.2, 0) is 9.47 Å². The molecule has 2 aromatic rings. The number of nitrogens with one attached hydrogen (secondary N) is 1. The number of thioether (sulfide) groups is 1. The van der Waals surface area contributed by atoms with Crippen molar-refractivity contribution in [2.75, 3.05) is 38.2 Å². The molecule has 2 aliphatic rings. The maximum absolute atomic E-state index is 14.9. The molecule has 150 valence electrons. The molecule has 1 saturated heterocycles. The minimum Gasteiger partial charge on any atom is -0.432 e. The van der Waals surface area contributed by atoms with Gasteiger partial charge in [-0.05, 0) is 26.0 Å². The van der Waals surface area contributed by atoms with Crippen molar-refractivity contribution < 1.29 is 18.7 Å². The van der Waals surface area contributed by atoms with E-state index in [0.29, 0.717) is 29.3 Å². The number of hydrogen-bond donors (Lipinski definition) is 1. The third-order valence-corrected chi connectivity index (χ3v) is 6.32. The number of benzene rings is 1. The van der Waals surface area contributed by atoms with Crippen molar-refractivity contribution in [2.45, 2.75) is 30.5 Å². The van der Waals surface area contributed by atoms with E-state index in [1.165, 1.54) is 24.9 Å². The van der Waals surface area contributed by atoms with Crippen LogP contribution in [0.3, 0.4) is 0 Å². The zero-order valence-corrected chi connectivity index (χ0v) is 16.8. The van der Waals surface area contributed by atoms with Gasteiger partial charge in [0.25, 0.3) is 0 Å². The Morgan fingerprint density at radius 2 is 2.07 bits per heavy atom. The van der Waals surface area contributed by atoms with Gasteiger partial charge in [0, 0.05) is 38.7 Å². The predicted octanol–water partition coefficient (Wildman–Crippen LogP) is 2.32. The number of rotatable bonds is 4. The number of halogens is 1. The number of piperazine rings is 1. The van der Waals surface area contributed by atoms with Gasteiger partial charge in [-0.3, -0.25) is 4.79 Å². The topological polar surface area (TPSA) is 72.8 Å². The number of methoxy groups -OCH3 is 1. The Morgan fingerprint density at radius 3 is 2.71 bits per heavy atom. The lowest BCUT2D eigenvalue weighted by molar-refractivity contribution is -0.0777. The maximum atomic E-state index is 14.9. The molecule has 2 atom stereocenters. The van der Waals surface area contributed by atoms with Crippen molar-refractivity contribution >= 4 is 34.3 Å². The summed E-state index contributed by atoms with van der Waals surface area (Å²) >= 11 is 1.42. The van der Waals surface area contributed by atoms with Gasteiger partial charge in [-0.2, -0.15) is 0 Å². The third-order valence-electron chi connectivity index (χ3n) is 5.14. The van der Waals surface area contributed by atoms with E-state index in [1.54, 1.807) is 13.0 Å². The van der Waals surface area contributed by atoms with Crippen LogP contribution < -0.4 is 15.6 Å². The molecule has 0 spiro atoms. The summed E-state index contributed by atoms with van der Waals surface area (Å²) in [6.45, 7) is 6.50. The number of aromatic nitrogens is 1. The lowest BCUT2D eigenvalue weighted by Crippen LogP contribution is -2.44. The van der Waals surface area contributed by atoms with Gasteiger partial charge in [0.15, 0.2) is 6.29 Å². The van der Waals surface area contributed by atoms with Crippen LogP contribution in [0, 0.1) is 5.82 Å². The van der Waals surface area contributed by atoms with E-state index in [2.05, 4.69) is 5.32 Å². The highest BCUT2D eigenvalue weighted by Crippen LogP contribution is 2.46. The molecule has 2 unspecified atom stereocenters. The Hall–Kier alpha value is -2.10. The summed E-state index contributed by atoms with van der Waals surface area (Å²) in [5.74, 6) is -1.22. The van der Waals surface area contributed by atoms with Crippen LogP contribution in [0.4, 0.5) is 10.1 Å². The average molecular weight is 407 g/mol. The Bertz CT molecular complexity index is 1000. The monoisotopic (exact) mass is 407 g/mol. The quantitative estimate of drug-likeness (QED) is 0.616. The number of esters is 1. The lowest BCUT2D eigenvalue weighted by Gasteiger charge is -2.34. The minimum absolute atomic E-state index is 0.0332. The van der Waals surface area contributed by atoms with E-state index in [1.807, 2.05) is 16.4 Å². The van der Waals surface area contributed by atoms with Gasteiger partial charge in [0.1, 0.15) is 11.4 Å². The fourth-order valence-corrected chi connectivity index (χ4v) is 4.77. The molecule has 1 N–H and O–H groups in total. The molecular weight excluding hydrogens is 385 g/mol. The fraction of sp³-hybridized carbons (Fsp3) is 0.474. The van der Waals surface area contributed by atoms with Crippen molar-refractivity contribution in [1.29, 1.82) is 0 Å². The second-order valence-electron chi connectivity index (χ2n) is 6.86. The van der Waals surface area contributed by atoms with Crippen LogP contribution >= 0.6 is 11.8 Å². The van der Waals surface area contributed by atoms with Crippen LogP contribution in [0.1, 0.15) is 29.6 Å². The first-order chi connectivity index (χ1) is 13.4. The predicted molar refractivity (Wildman–Crippen MR) is 106 cm³/mol. The Morgan fingerprint density at radius 1 is 1.36 bits per heavy atom. The summed E-state index contributed by atoms with van der Waals surface area (Å²) in [4.78, 5) is 27.6. The van der Waals surface area contributed by atoms with E-state index in [0.717, 1.165) is 13.1 Å². The molecule has 7 nitrogen and oxygen atoms in total. The highest BCUT2D eigenvalue weighted by molar-refractivity contribution is 8.00. The Balaban J connectivity index is 1.87. The largest absolute Gasteiger partial charge is 0.432 e. The van der Waals surface area contributed by atoms with E-state index in [4.69, 9.17) is 9.47 Å².